The van der Waals surface area contributed by atoms with Crippen LogP contribution in [0.4, 0.5) is 10.1 Å². The van der Waals surface area contributed by atoms with Gasteiger partial charge in [0.2, 0.25) is 0 Å². The predicted molar refractivity (Wildman–Crippen MR) is 98.1 cm³/mol. The van der Waals surface area contributed by atoms with Gasteiger partial charge >= 0.3 is 0 Å². The lowest BCUT2D eigenvalue weighted by molar-refractivity contribution is 0.102. The predicted octanol–water partition coefficient (Wildman–Crippen LogP) is 3.81. The molecule has 2 aromatic heterocycles. The van der Waals surface area contributed by atoms with Gasteiger partial charge in [0.1, 0.15) is 5.82 Å². The van der Waals surface area contributed by atoms with Gasteiger partial charge in [-0.25, -0.2) is 4.39 Å². The first-order valence-electron chi connectivity index (χ1n) is 8.21. The van der Waals surface area contributed by atoms with Gasteiger partial charge in [-0.1, -0.05) is 17.7 Å². The second-order valence-corrected chi connectivity index (χ2v) is 6.36. The number of anilines is 1. The van der Waals surface area contributed by atoms with Crippen LogP contribution in [0.2, 0.25) is 5.02 Å². The average Bonchev–Trinajstić information content (AvgIpc) is 3.18. The van der Waals surface area contributed by atoms with Crippen molar-refractivity contribution in [2.24, 2.45) is 0 Å². The van der Waals surface area contributed by atoms with E-state index in [1.807, 2.05) is 20.8 Å². The van der Waals surface area contributed by atoms with Crippen molar-refractivity contribution >= 4 is 23.2 Å². The maximum Gasteiger partial charge on any atom is 0.276 e. The third-order valence-corrected chi connectivity index (χ3v) is 4.50. The summed E-state index contributed by atoms with van der Waals surface area (Å²) < 4.78 is 16.6. The number of hydrogen-bond acceptors (Lipinski definition) is 3. The van der Waals surface area contributed by atoms with Gasteiger partial charge in [-0.2, -0.15) is 10.2 Å². The van der Waals surface area contributed by atoms with Crippen LogP contribution in [0.15, 0.2) is 30.5 Å². The molecule has 0 aliphatic carbocycles. The number of hydrogen-bond donors (Lipinski definition) is 1. The first kappa shape index (κ1) is 18.1. The van der Waals surface area contributed by atoms with E-state index in [-0.39, 0.29) is 11.7 Å². The molecule has 0 aliphatic heterocycles. The first-order valence-corrected chi connectivity index (χ1v) is 8.59. The molecule has 0 unspecified atom stereocenters. The van der Waals surface area contributed by atoms with Crippen LogP contribution in [0, 0.1) is 19.7 Å². The summed E-state index contributed by atoms with van der Waals surface area (Å²) in [5.74, 6) is -0.672. The number of halogens is 2. The molecule has 0 radical (unpaired) electrons. The molecule has 136 valence electrons. The molecule has 0 saturated heterocycles. The molecule has 1 amide bonds. The zero-order valence-corrected chi connectivity index (χ0v) is 15.5. The summed E-state index contributed by atoms with van der Waals surface area (Å²) in [6.45, 7) is 6.70. The summed E-state index contributed by atoms with van der Waals surface area (Å²) in [4.78, 5) is 12.4. The van der Waals surface area contributed by atoms with Crippen LogP contribution in [0.5, 0.6) is 0 Å². The molecule has 0 atom stereocenters. The highest BCUT2D eigenvalue weighted by atomic mass is 35.5. The SMILES string of the molecule is CCn1ccc(C(=O)Nc2c(C)nn(Cc3ccc(F)cc3Cl)c2C)n1. The monoisotopic (exact) mass is 375 g/mol. The van der Waals surface area contributed by atoms with E-state index in [9.17, 15) is 9.18 Å². The van der Waals surface area contributed by atoms with E-state index in [4.69, 9.17) is 11.6 Å². The quantitative estimate of drug-likeness (QED) is 0.737. The summed E-state index contributed by atoms with van der Waals surface area (Å²) >= 11 is 6.10. The molecule has 0 aliphatic rings. The molecule has 1 N–H and O–H groups in total. The number of aryl methyl sites for hydroxylation is 2. The number of carbonyl (C=O) groups excluding carboxylic acids is 1. The van der Waals surface area contributed by atoms with Crippen LogP contribution in [-0.2, 0) is 13.1 Å². The van der Waals surface area contributed by atoms with E-state index < -0.39 is 0 Å². The maximum atomic E-state index is 13.2. The Morgan fingerprint density at radius 2 is 2.04 bits per heavy atom. The van der Waals surface area contributed by atoms with Crippen molar-refractivity contribution in [3.63, 3.8) is 0 Å². The van der Waals surface area contributed by atoms with Crippen molar-refractivity contribution in [2.75, 3.05) is 5.32 Å². The topological polar surface area (TPSA) is 64.7 Å². The lowest BCUT2D eigenvalue weighted by Crippen LogP contribution is -2.14. The molecule has 6 nitrogen and oxygen atoms in total. The van der Waals surface area contributed by atoms with Crippen LogP contribution in [0.1, 0.15) is 34.4 Å². The molecular weight excluding hydrogens is 357 g/mol. The van der Waals surface area contributed by atoms with E-state index in [2.05, 4.69) is 15.5 Å². The van der Waals surface area contributed by atoms with Gasteiger partial charge in [0.25, 0.3) is 5.91 Å². The van der Waals surface area contributed by atoms with E-state index in [0.29, 0.717) is 35.2 Å². The van der Waals surface area contributed by atoms with E-state index in [1.165, 1.54) is 12.1 Å². The molecule has 3 aromatic rings. The standard InChI is InChI=1S/C18H19ClFN5O/c1-4-24-8-7-16(23-24)18(26)21-17-11(2)22-25(12(17)3)10-13-5-6-14(20)9-15(13)19/h5-9H,4,10H2,1-3H3,(H,21,26). The fourth-order valence-electron chi connectivity index (χ4n) is 2.68. The van der Waals surface area contributed by atoms with Gasteiger partial charge in [-0.3, -0.25) is 14.2 Å². The minimum Gasteiger partial charge on any atom is -0.317 e. The van der Waals surface area contributed by atoms with Crippen molar-refractivity contribution in [1.82, 2.24) is 19.6 Å². The lowest BCUT2D eigenvalue weighted by Gasteiger charge is -2.08. The molecule has 0 spiro atoms. The van der Waals surface area contributed by atoms with E-state index >= 15 is 0 Å². The fourth-order valence-corrected chi connectivity index (χ4v) is 2.91. The summed E-state index contributed by atoms with van der Waals surface area (Å²) in [6.07, 6.45) is 1.76. The van der Waals surface area contributed by atoms with Crippen LogP contribution >= 0.6 is 11.6 Å². The molecule has 0 fully saturated rings. The Morgan fingerprint density at radius 1 is 1.27 bits per heavy atom. The number of aromatic nitrogens is 4. The van der Waals surface area contributed by atoms with Crippen LogP contribution < -0.4 is 5.32 Å². The average molecular weight is 376 g/mol. The van der Waals surface area contributed by atoms with Gasteiger partial charge in [0.05, 0.1) is 23.6 Å². The van der Waals surface area contributed by atoms with Crippen LogP contribution in [-0.4, -0.2) is 25.5 Å². The molecule has 3 rings (SSSR count). The summed E-state index contributed by atoms with van der Waals surface area (Å²) in [5.41, 5.74) is 3.20. The Morgan fingerprint density at radius 3 is 2.69 bits per heavy atom. The number of carbonyl (C=O) groups is 1. The third kappa shape index (κ3) is 3.62. The number of benzene rings is 1. The second-order valence-electron chi connectivity index (χ2n) is 5.95. The lowest BCUT2D eigenvalue weighted by atomic mass is 10.2. The van der Waals surface area contributed by atoms with Gasteiger partial charge in [0.15, 0.2) is 5.69 Å². The van der Waals surface area contributed by atoms with Gasteiger partial charge in [0, 0.05) is 17.8 Å². The Hall–Kier alpha value is -2.67. The third-order valence-electron chi connectivity index (χ3n) is 4.15. The van der Waals surface area contributed by atoms with Crippen molar-refractivity contribution < 1.29 is 9.18 Å². The molecule has 8 heteroatoms. The Bertz CT molecular complexity index is 963. The van der Waals surface area contributed by atoms with Crippen LogP contribution in [0.25, 0.3) is 0 Å². The smallest absolute Gasteiger partial charge is 0.276 e. The number of rotatable bonds is 5. The van der Waals surface area contributed by atoms with Crippen molar-refractivity contribution in [2.45, 2.75) is 33.9 Å². The highest BCUT2D eigenvalue weighted by molar-refractivity contribution is 6.31. The summed E-state index contributed by atoms with van der Waals surface area (Å²) in [7, 11) is 0. The highest BCUT2D eigenvalue weighted by Gasteiger charge is 2.17. The molecule has 1 aromatic carbocycles. The van der Waals surface area contributed by atoms with Crippen molar-refractivity contribution in [3.8, 4) is 0 Å². The second kappa shape index (κ2) is 7.29. The molecule has 0 saturated carbocycles. The van der Waals surface area contributed by atoms with Crippen molar-refractivity contribution in [1.29, 1.82) is 0 Å². The number of nitrogens with one attached hydrogen (secondary N) is 1. The zero-order valence-electron chi connectivity index (χ0n) is 14.8. The zero-order chi connectivity index (χ0) is 18.8. The van der Waals surface area contributed by atoms with Crippen molar-refractivity contribution in [3.05, 3.63) is 63.9 Å². The largest absolute Gasteiger partial charge is 0.317 e. The molecule has 2 heterocycles. The summed E-state index contributed by atoms with van der Waals surface area (Å²) in [5, 5.41) is 11.9. The normalized spacial score (nSPS) is 11.0. The fraction of sp³-hybridized carbons (Fsp3) is 0.278. The molecule has 26 heavy (non-hydrogen) atoms. The Labute approximate surface area is 155 Å². The molecular formula is C18H19ClFN5O. The number of amides is 1. The molecule has 0 bridgehead atoms. The van der Waals surface area contributed by atoms with E-state index in [0.717, 1.165) is 11.3 Å². The first-order chi connectivity index (χ1) is 12.4. The van der Waals surface area contributed by atoms with Crippen LogP contribution in [0.3, 0.4) is 0 Å². The Balaban J connectivity index is 1.82. The van der Waals surface area contributed by atoms with Gasteiger partial charge < -0.3 is 5.32 Å². The van der Waals surface area contributed by atoms with Gasteiger partial charge in [-0.15, -0.1) is 0 Å². The number of nitrogens with zero attached hydrogens (tertiary/aromatic N) is 4. The highest BCUT2D eigenvalue weighted by Crippen LogP contribution is 2.23. The minimum absolute atomic E-state index is 0.289. The van der Waals surface area contributed by atoms with Gasteiger partial charge in [-0.05, 0) is 44.5 Å². The summed E-state index contributed by atoms with van der Waals surface area (Å²) in [6, 6.07) is 5.94. The van der Waals surface area contributed by atoms with E-state index in [1.54, 1.807) is 27.7 Å². The maximum absolute atomic E-state index is 13.2. The Kier molecular flexibility index (Phi) is 5.08. The minimum atomic E-state index is -0.383.